The Morgan fingerprint density at radius 1 is 1.50 bits per heavy atom. The average molecular weight is 212 g/mol. The molecule has 0 spiro atoms. The fourth-order valence-electron chi connectivity index (χ4n) is 1.10. The molecule has 1 amide bonds. The van der Waals surface area contributed by atoms with Crippen LogP contribution < -0.4 is 11.5 Å². The lowest BCUT2D eigenvalue weighted by Crippen LogP contribution is -2.11. The van der Waals surface area contributed by atoms with Crippen LogP contribution in [0.3, 0.4) is 0 Å². The number of amides is 1. The Morgan fingerprint density at radius 2 is 2.14 bits per heavy atom. The zero-order chi connectivity index (χ0) is 10.7. The lowest BCUT2D eigenvalue weighted by molar-refractivity contribution is 0.100. The van der Waals surface area contributed by atoms with Gasteiger partial charge in [0.05, 0.1) is 5.75 Å². The van der Waals surface area contributed by atoms with Gasteiger partial charge in [-0.25, -0.2) is 0 Å². The van der Waals surface area contributed by atoms with Crippen molar-refractivity contribution in [3.05, 3.63) is 29.3 Å². The summed E-state index contributed by atoms with van der Waals surface area (Å²) in [5, 5.41) is 0. The smallest absolute Gasteiger partial charge is 0.248 e. The molecule has 0 aliphatic carbocycles. The molecule has 0 aliphatic heterocycles. The fourth-order valence-corrected chi connectivity index (χ4v) is 1.80. The lowest BCUT2D eigenvalue weighted by Gasteiger charge is -2.04. The van der Waals surface area contributed by atoms with Gasteiger partial charge >= 0.3 is 0 Å². The van der Waals surface area contributed by atoms with Crippen LogP contribution in [-0.4, -0.2) is 16.4 Å². The van der Waals surface area contributed by atoms with Gasteiger partial charge in [0, 0.05) is 28.3 Å². The minimum absolute atomic E-state index is 0.369. The summed E-state index contributed by atoms with van der Waals surface area (Å²) in [5.74, 6) is -0.119. The molecule has 0 aromatic heterocycles. The molecule has 1 rings (SSSR count). The molecule has 1 atom stereocenters. The highest BCUT2D eigenvalue weighted by Crippen LogP contribution is 2.15. The lowest BCUT2D eigenvalue weighted by atomic mass is 10.1. The second-order valence-electron chi connectivity index (χ2n) is 3.00. The molecule has 0 saturated heterocycles. The van der Waals surface area contributed by atoms with Gasteiger partial charge in [-0.05, 0) is 17.7 Å². The van der Waals surface area contributed by atoms with E-state index >= 15 is 0 Å². The number of hydrogen-bond acceptors (Lipinski definition) is 3. The van der Waals surface area contributed by atoms with Crippen LogP contribution in [0.2, 0.25) is 0 Å². The number of rotatable bonds is 3. The van der Waals surface area contributed by atoms with Gasteiger partial charge < -0.3 is 11.5 Å². The molecule has 0 saturated carbocycles. The van der Waals surface area contributed by atoms with E-state index in [-0.39, 0.29) is 0 Å². The van der Waals surface area contributed by atoms with Crippen molar-refractivity contribution in [1.29, 1.82) is 0 Å². The average Bonchev–Trinajstić information content (AvgIpc) is 2.07. The molecule has 1 aromatic rings. The van der Waals surface area contributed by atoms with Gasteiger partial charge in [-0.3, -0.25) is 9.00 Å². The summed E-state index contributed by atoms with van der Waals surface area (Å²) < 4.78 is 10.9. The van der Waals surface area contributed by atoms with Gasteiger partial charge in [-0.1, -0.05) is 6.07 Å². The molecule has 4 N–H and O–H groups in total. The number of carbonyl (C=O) groups excluding carboxylic acids is 1. The van der Waals surface area contributed by atoms with Gasteiger partial charge in [0.2, 0.25) is 5.91 Å². The summed E-state index contributed by atoms with van der Waals surface area (Å²) >= 11 is 0. The third-order valence-corrected chi connectivity index (χ3v) is 2.51. The first-order valence-electron chi connectivity index (χ1n) is 3.99. The van der Waals surface area contributed by atoms with Crippen molar-refractivity contribution < 1.29 is 9.00 Å². The first-order valence-corrected chi connectivity index (χ1v) is 5.71. The Bertz CT molecular complexity index is 390. The predicted octanol–water partition coefficient (Wildman–Crippen LogP) is 0.246. The maximum atomic E-state index is 10.9. The summed E-state index contributed by atoms with van der Waals surface area (Å²) in [6, 6.07) is 4.77. The second kappa shape index (κ2) is 4.23. The van der Waals surface area contributed by atoms with Crippen LogP contribution in [-0.2, 0) is 16.6 Å². The van der Waals surface area contributed by atoms with Crippen molar-refractivity contribution in [3.63, 3.8) is 0 Å². The molecular weight excluding hydrogens is 200 g/mol. The molecule has 0 fully saturated rings. The van der Waals surface area contributed by atoms with Crippen molar-refractivity contribution in [3.8, 4) is 0 Å². The van der Waals surface area contributed by atoms with Crippen LogP contribution in [0.1, 0.15) is 15.9 Å². The fraction of sp³-hybridized carbons (Fsp3) is 0.222. The van der Waals surface area contributed by atoms with E-state index in [1.54, 1.807) is 18.4 Å². The molecule has 1 unspecified atom stereocenters. The van der Waals surface area contributed by atoms with E-state index in [2.05, 4.69) is 0 Å². The zero-order valence-electron chi connectivity index (χ0n) is 7.82. The summed E-state index contributed by atoms with van der Waals surface area (Å²) in [4.78, 5) is 10.8. The molecule has 14 heavy (non-hydrogen) atoms. The number of anilines is 1. The SMILES string of the molecule is CS(=O)Cc1ccc(C(N)=O)cc1N. The minimum Gasteiger partial charge on any atom is -0.398 e. The third kappa shape index (κ3) is 2.56. The number of benzene rings is 1. The topological polar surface area (TPSA) is 86.2 Å². The Kier molecular flexibility index (Phi) is 3.24. The maximum Gasteiger partial charge on any atom is 0.248 e. The Morgan fingerprint density at radius 3 is 2.57 bits per heavy atom. The molecule has 76 valence electrons. The standard InChI is InChI=1S/C9H12N2O2S/c1-14(13)5-7-3-2-6(9(11)12)4-8(7)10/h2-4H,5,10H2,1H3,(H2,11,12). The van der Waals surface area contributed by atoms with Gasteiger partial charge in [0.1, 0.15) is 0 Å². The summed E-state index contributed by atoms with van der Waals surface area (Å²) in [5.41, 5.74) is 12.3. The van der Waals surface area contributed by atoms with Crippen molar-refractivity contribution in [2.75, 3.05) is 12.0 Å². The van der Waals surface area contributed by atoms with Gasteiger partial charge in [-0.15, -0.1) is 0 Å². The second-order valence-corrected chi connectivity index (χ2v) is 4.43. The molecule has 0 bridgehead atoms. The molecule has 5 heteroatoms. The van der Waals surface area contributed by atoms with E-state index in [0.29, 0.717) is 17.0 Å². The molecular formula is C9H12N2O2S. The highest BCUT2D eigenvalue weighted by Gasteiger charge is 2.05. The number of primary amides is 1. The van der Waals surface area contributed by atoms with Crippen LogP contribution in [0, 0.1) is 0 Å². The number of nitrogen functional groups attached to an aromatic ring is 1. The third-order valence-electron chi connectivity index (χ3n) is 1.79. The minimum atomic E-state index is -0.940. The van der Waals surface area contributed by atoms with Gasteiger partial charge in [0.15, 0.2) is 0 Å². The van der Waals surface area contributed by atoms with Crippen molar-refractivity contribution >= 4 is 22.4 Å². The van der Waals surface area contributed by atoms with Gasteiger partial charge in [0.25, 0.3) is 0 Å². The molecule has 0 radical (unpaired) electrons. The van der Waals surface area contributed by atoms with E-state index in [4.69, 9.17) is 11.5 Å². The van der Waals surface area contributed by atoms with E-state index in [1.807, 2.05) is 0 Å². The maximum absolute atomic E-state index is 10.9. The van der Waals surface area contributed by atoms with Crippen LogP contribution in [0.5, 0.6) is 0 Å². The van der Waals surface area contributed by atoms with E-state index in [9.17, 15) is 9.00 Å². The normalized spacial score (nSPS) is 12.4. The first kappa shape index (κ1) is 10.7. The Hall–Kier alpha value is -1.36. The molecule has 4 nitrogen and oxygen atoms in total. The summed E-state index contributed by atoms with van der Waals surface area (Å²) in [7, 11) is -0.940. The zero-order valence-corrected chi connectivity index (χ0v) is 8.64. The molecule has 0 aliphatic rings. The summed E-state index contributed by atoms with van der Waals surface area (Å²) in [6.45, 7) is 0. The summed E-state index contributed by atoms with van der Waals surface area (Å²) in [6.07, 6.45) is 1.60. The van der Waals surface area contributed by atoms with Crippen LogP contribution in [0.25, 0.3) is 0 Å². The van der Waals surface area contributed by atoms with Crippen molar-refractivity contribution in [2.45, 2.75) is 5.75 Å². The number of carbonyl (C=O) groups is 1. The van der Waals surface area contributed by atoms with Crippen LogP contribution in [0.15, 0.2) is 18.2 Å². The van der Waals surface area contributed by atoms with Crippen molar-refractivity contribution in [2.24, 2.45) is 5.73 Å². The van der Waals surface area contributed by atoms with Gasteiger partial charge in [-0.2, -0.15) is 0 Å². The largest absolute Gasteiger partial charge is 0.398 e. The first-order chi connectivity index (χ1) is 6.50. The van der Waals surface area contributed by atoms with E-state index in [1.165, 1.54) is 6.07 Å². The van der Waals surface area contributed by atoms with E-state index in [0.717, 1.165) is 5.56 Å². The molecule has 0 heterocycles. The van der Waals surface area contributed by atoms with Crippen LogP contribution >= 0.6 is 0 Å². The Balaban J connectivity index is 3.01. The highest BCUT2D eigenvalue weighted by molar-refractivity contribution is 7.83. The predicted molar refractivity (Wildman–Crippen MR) is 57.1 cm³/mol. The van der Waals surface area contributed by atoms with Crippen LogP contribution in [0.4, 0.5) is 5.69 Å². The Labute approximate surface area is 84.7 Å². The monoisotopic (exact) mass is 212 g/mol. The van der Waals surface area contributed by atoms with E-state index < -0.39 is 16.7 Å². The quantitative estimate of drug-likeness (QED) is 0.704. The molecule has 1 aromatic carbocycles. The van der Waals surface area contributed by atoms with Crippen molar-refractivity contribution in [1.82, 2.24) is 0 Å². The number of nitrogens with two attached hydrogens (primary N) is 2. The highest BCUT2D eigenvalue weighted by atomic mass is 32.2. The number of hydrogen-bond donors (Lipinski definition) is 2.